The van der Waals surface area contributed by atoms with Gasteiger partial charge in [-0.3, -0.25) is 28.9 Å². The molecule has 23 nitrogen and oxygen atoms in total. The first-order valence-electron chi connectivity index (χ1n) is 21.3. The van der Waals surface area contributed by atoms with Gasteiger partial charge in [-0.2, -0.15) is 0 Å². The fraction of sp³-hybridized carbons (Fsp3) is 0.512. The van der Waals surface area contributed by atoms with Gasteiger partial charge in [0, 0.05) is 69.5 Å². The lowest BCUT2D eigenvalue weighted by atomic mass is 10.0. The van der Waals surface area contributed by atoms with E-state index in [1.807, 2.05) is 0 Å². The number of unbranched alkanes of at least 4 members (excludes halogenated alkanes) is 3. The molecule has 0 bridgehead atoms. The van der Waals surface area contributed by atoms with E-state index >= 15 is 0 Å². The van der Waals surface area contributed by atoms with Gasteiger partial charge in [-0.15, -0.1) is 0 Å². The van der Waals surface area contributed by atoms with E-state index in [0.29, 0.717) is 55.3 Å². The summed E-state index contributed by atoms with van der Waals surface area (Å²) in [6.45, 7) is -0.408. The molecule has 2 aromatic rings. The molecule has 0 fully saturated rings. The highest BCUT2D eigenvalue weighted by Gasteiger charge is 2.25. The van der Waals surface area contributed by atoms with Crippen LogP contribution in [0.5, 0.6) is 11.5 Å². The Bertz CT molecular complexity index is 2000. The van der Waals surface area contributed by atoms with Crippen molar-refractivity contribution >= 4 is 53.8 Å². The lowest BCUT2D eigenvalue weighted by Crippen LogP contribution is -2.51. The lowest BCUT2D eigenvalue weighted by Gasteiger charge is -2.26. The number of rotatable bonds is 33. The Morgan fingerprint density at radius 2 is 1.05 bits per heavy atom. The summed E-state index contributed by atoms with van der Waals surface area (Å²) in [6, 6.07) is 5.17. The van der Waals surface area contributed by atoms with Crippen molar-refractivity contribution in [3.63, 3.8) is 0 Å². The monoisotopic (exact) mass is 932 g/mol. The Morgan fingerprint density at radius 3 is 1.58 bits per heavy atom. The summed E-state index contributed by atoms with van der Waals surface area (Å²) in [5.41, 5.74) is 1.88. The number of amides is 5. The minimum absolute atomic E-state index is 0.00907. The number of hydrogen-bond donors (Lipinski definition) is 12. The minimum Gasteiger partial charge on any atom is -0.508 e. The minimum atomic E-state index is -1.52. The van der Waals surface area contributed by atoms with Crippen LogP contribution in [-0.2, 0) is 59.5 Å². The lowest BCUT2D eigenvalue weighted by molar-refractivity contribution is -0.141. The molecular formula is C43H60N6O17. The van der Waals surface area contributed by atoms with Gasteiger partial charge < -0.3 is 67.0 Å². The third-order valence-corrected chi connectivity index (χ3v) is 10.1. The van der Waals surface area contributed by atoms with Crippen molar-refractivity contribution in [1.29, 1.82) is 0 Å². The molecule has 23 heteroatoms. The van der Waals surface area contributed by atoms with Gasteiger partial charge in [0.1, 0.15) is 23.6 Å². The second-order valence-electron chi connectivity index (χ2n) is 15.5. The fourth-order valence-corrected chi connectivity index (χ4v) is 6.54. The number of urea groups is 1. The van der Waals surface area contributed by atoms with E-state index in [2.05, 4.69) is 21.3 Å². The van der Waals surface area contributed by atoms with Crippen LogP contribution in [0.2, 0.25) is 0 Å². The Kier molecular flexibility index (Phi) is 24.4. The van der Waals surface area contributed by atoms with E-state index < -0.39 is 67.0 Å². The average molecular weight is 933 g/mol. The first-order chi connectivity index (χ1) is 31.2. The van der Waals surface area contributed by atoms with Crippen LogP contribution in [0, 0.1) is 0 Å². The predicted octanol–water partition coefficient (Wildman–Crippen LogP) is 2.15. The Hall–Kier alpha value is -7.17. The number of carboxylic acids is 5. The molecule has 0 aliphatic heterocycles. The maximum absolute atomic E-state index is 12.6. The highest BCUT2D eigenvalue weighted by atomic mass is 16.4. The highest BCUT2D eigenvalue weighted by Crippen LogP contribution is 2.23. The van der Waals surface area contributed by atoms with E-state index in [4.69, 9.17) is 15.3 Å². The number of aryl methyl sites for hydroxylation is 2. The molecule has 12 N–H and O–H groups in total. The van der Waals surface area contributed by atoms with Gasteiger partial charge in [0.05, 0.1) is 13.1 Å². The third kappa shape index (κ3) is 23.0. The molecule has 2 aromatic carbocycles. The van der Waals surface area contributed by atoms with Crippen molar-refractivity contribution in [3.05, 3.63) is 58.7 Å². The number of aromatic hydroxyl groups is 2. The number of hydrogen-bond acceptors (Lipinski definition) is 12. The number of phenolic OH excluding ortho intramolecular Hbond substituents is 2. The first kappa shape index (κ1) is 55.0. The zero-order valence-corrected chi connectivity index (χ0v) is 36.4. The number of carbonyl (C=O) groups excluding carboxylic acids is 3. The molecule has 66 heavy (non-hydrogen) atoms. The summed E-state index contributed by atoms with van der Waals surface area (Å²) in [4.78, 5) is 108. The van der Waals surface area contributed by atoms with Crippen LogP contribution in [0.25, 0.3) is 0 Å². The largest absolute Gasteiger partial charge is 0.508 e. The summed E-state index contributed by atoms with van der Waals surface area (Å²) in [5, 5.41) is 86.4. The summed E-state index contributed by atoms with van der Waals surface area (Å²) in [5.74, 6) is -7.04. The molecule has 0 saturated carbocycles. The Balaban J connectivity index is 1.73. The van der Waals surface area contributed by atoms with Crippen molar-refractivity contribution in [2.24, 2.45) is 0 Å². The molecule has 0 spiro atoms. The summed E-state index contributed by atoms with van der Waals surface area (Å²) in [7, 11) is 0. The van der Waals surface area contributed by atoms with E-state index in [1.54, 1.807) is 24.3 Å². The van der Waals surface area contributed by atoms with Crippen molar-refractivity contribution in [3.8, 4) is 11.5 Å². The van der Waals surface area contributed by atoms with Gasteiger partial charge in [0.2, 0.25) is 11.8 Å². The highest BCUT2D eigenvalue weighted by molar-refractivity contribution is 5.86. The summed E-state index contributed by atoms with van der Waals surface area (Å²) < 4.78 is 0. The Labute approximate surface area is 379 Å². The van der Waals surface area contributed by atoms with Gasteiger partial charge in [-0.05, 0) is 74.6 Å². The molecule has 0 unspecified atom stereocenters. The van der Waals surface area contributed by atoms with Crippen molar-refractivity contribution in [2.75, 3.05) is 32.7 Å². The molecule has 0 aliphatic rings. The van der Waals surface area contributed by atoms with Gasteiger partial charge in [-0.25, -0.2) is 19.2 Å². The summed E-state index contributed by atoms with van der Waals surface area (Å²) >= 11 is 0. The van der Waals surface area contributed by atoms with Crippen molar-refractivity contribution in [2.45, 2.75) is 109 Å². The van der Waals surface area contributed by atoms with Crippen LogP contribution >= 0.6 is 0 Å². The molecule has 2 rings (SSSR count). The summed E-state index contributed by atoms with van der Waals surface area (Å²) in [6.07, 6.45) is 0.887. The number of nitrogens with one attached hydrogen (secondary N) is 4. The van der Waals surface area contributed by atoms with Crippen LogP contribution in [0.1, 0.15) is 92.9 Å². The van der Waals surface area contributed by atoms with E-state index in [9.17, 15) is 68.7 Å². The van der Waals surface area contributed by atoms with E-state index in [-0.39, 0.29) is 107 Å². The van der Waals surface area contributed by atoms with E-state index in [1.165, 1.54) is 17.0 Å². The van der Waals surface area contributed by atoms with Gasteiger partial charge in [0.15, 0.2) is 0 Å². The number of phenols is 2. The molecule has 5 amide bonds. The quantitative estimate of drug-likeness (QED) is 0.0456. The van der Waals surface area contributed by atoms with Gasteiger partial charge in [0.25, 0.3) is 0 Å². The zero-order valence-electron chi connectivity index (χ0n) is 36.4. The first-order valence-corrected chi connectivity index (χ1v) is 21.3. The maximum atomic E-state index is 12.6. The third-order valence-electron chi connectivity index (χ3n) is 10.1. The standard InChI is InChI=1S/C43H60N6O17/c50-33-13-9-28(11-16-37(54)55)22-29(33)24-48(26-39(58)59)20-21-49(43(65)66)25-30-23-27(8-14-34(30)51)10-15-36(53)45-18-4-1-2-7-35(52)44-19-5-3-6-31(40(60)61)46-42(64)47-32(41(62)63)12-17-38(56)57/h8-9,13-14,22-23,31-32,50-51H,1-7,10-12,15-21,24-26H2,(H,44,52)(H,45,53)(H,54,55)(H,56,57)(H,58,59)(H,60,61)(H,62,63)(H,65,66)(H2,46,47,64)/t31-,32-/m0/s1. The van der Waals surface area contributed by atoms with Crippen LogP contribution in [0.3, 0.4) is 0 Å². The SMILES string of the molecule is O=C(O)CCc1ccc(O)c(CN(CCN(Cc2cc(CCC(=O)NCCCCCC(=O)NCCCC[C@H](NC(=O)N[C@@H](CCC(=O)O)C(=O)O)C(=O)O)ccc2O)C(=O)O)CC(=O)O)c1. The molecular weight excluding hydrogens is 872 g/mol. The number of carbonyl (C=O) groups is 9. The van der Waals surface area contributed by atoms with Crippen LogP contribution in [0.15, 0.2) is 36.4 Å². The zero-order chi connectivity index (χ0) is 49.2. The topological polar surface area (TPSA) is 370 Å². The molecule has 0 heterocycles. The molecule has 0 radical (unpaired) electrons. The maximum Gasteiger partial charge on any atom is 0.407 e. The Morgan fingerprint density at radius 1 is 0.530 bits per heavy atom. The van der Waals surface area contributed by atoms with Crippen molar-refractivity contribution < 1.29 is 84.0 Å². The van der Waals surface area contributed by atoms with Gasteiger partial charge in [-0.1, -0.05) is 30.7 Å². The molecule has 0 aliphatic carbocycles. The molecule has 0 aromatic heterocycles. The van der Waals surface area contributed by atoms with E-state index in [0.717, 1.165) is 4.90 Å². The average Bonchev–Trinajstić information content (AvgIpc) is 3.24. The number of nitrogens with zero attached hydrogens (tertiary/aromatic N) is 2. The second-order valence-corrected chi connectivity index (χ2v) is 15.5. The fourth-order valence-electron chi connectivity index (χ4n) is 6.54. The normalized spacial score (nSPS) is 11.8. The van der Waals surface area contributed by atoms with Gasteiger partial charge >= 0.3 is 42.0 Å². The number of benzene rings is 2. The van der Waals surface area contributed by atoms with Crippen molar-refractivity contribution in [1.82, 2.24) is 31.1 Å². The van der Waals surface area contributed by atoms with Crippen LogP contribution in [0.4, 0.5) is 9.59 Å². The molecule has 2 atom stereocenters. The number of carboxylic acid groups (broad SMARTS) is 6. The van der Waals surface area contributed by atoms with Crippen LogP contribution < -0.4 is 21.3 Å². The molecule has 0 saturated heterocycles. The predicted molar refractivity (Wildman–Crippen MR) is 232 cm³/mol. The second kappa shape index (κ2) is 29.3. The van der Waals surface area contributed by atoms with Crippen LogP contribution in [-0.4, -0.2) is 149 Å². The number of aliphatic carboxylic acids is 5. The molecule has 364 valence electrons. The smallest absolute Gasteiger partial charge is 0.407 e.